The number of alkyl halides is 6. The van der Waals surface area contributed by atoms with Crippen LogP contribution in [0.15, 0.2) is 0 Å². The molecule has 0 fully saturated rings. The van der Waals surface area contributed by atoms with Crippen molar-refractivity contribution in [2.24, 2.45) is 22.7 Å². The molecule has 2 atom stereocenters. The van der Waals surface area contributed by atoms with E-state index in [2.05, 4.69) is 27.7 Å². The molecule has 2 nitrogen and oxygen atoms in total. The Balaban J connectivity index is 7.15. The van der Waals surface area contributed by atoms with Gasteiger partial charge in [-0.2, -0.15) is 0 Å². The molecule has 0 spiro atoms. The number of unbranched alkanes of at least 4 members (excludes halogenated alkanes) is 20. The van der Waals surface area contributed by atoms with Gasteiger partial charge in [0.25, 0.3) is 0 Å². The maximum atomic E-state index is 16.0. The van der Waals surface area contributed by atoms with E-state index in [0.29, 0.717) is 0 Å². The van der Waals surface area contributed by atoms with Crippen LogP contribution < -0.4 is 0 Å². The molecule has 2 unspecified atom stereocenters. The fourth-order valence-electron chi connectivity index (χ4n) is 9.37. The summed E-state index contributed by atoms with van der Waals surface area (Å²) in [6.45, 7) is 2.58. The van der Waals surface area contributed by atoms with Gasteiger partial charge in [-0.1, -0.05) is 13.3 Å². The predicted molar refractivity (Wildman–Crippen MR) is 247 cm³/mol. The third kappa shape index (κ3) is 24.7. The molecule has 0 saturated heterocycles. The second-order valence-electron chi connectivity index (χ2n) is 19.7. The molecule has 0 radical (unpaired) electrons. The van der Waals surface area contributed by atoms with Crippen LogP contribution in [0.2, 0.25) is 0 Å². The molecule has 0 aromatic heterocycles. The first-order valence-corrected chi connectivity index (χ1v) is 29.3. The molecule has 0 aliphatic heterocycles. The molecule has 0 bridgehead atoms. The van der Waals surface area contributed by atoms with Crippen LogP contribution in [0.1, 0.15) is 208 Å². The van der Waals surface area contributed by atoms with E-state index >= 15 is 13.3 Å². The van der Waals surface area contributed by atoms with E-state index in [1.165, 1.54) is 71.6 Å². The predicted octanol–water partition coefficient (Wildman–Crippen LogP) is 18.0. The molecular formula is C48H96F6O2P2. The topological polar surface area (TPSA) is 26.3 Å². The van der Waals surface area contributed by atoms with Gasteiger partial charge >= 0.3 is 344 Å². The zero-order valence-electron chi connectivity index (χ0n) is 39.0. The standard InChI is InChI=1S/C48H96F6O2P2/c1-7-11-15-19-20-21-22-23-24-25-26-30-34-58(31-27-16-12-8-2,32-28-17-13-9-3,33-29-18-14-10-4)56-57(55,39-45(37-49)35-47(5,41-51)42-52)40-46(38-50)36-48(6,43-53)44-54/h45-46H,7-44H2,1-6H3. The molecule has 10 heteroatoms. The Morgan fingerprint density at radius 1 is 0.431 bits per heavy atom. The first kappa shape index (κ1) is 58.2. The van der Waals surface area contributed by atoms with Crippen molar-refractivity contribution in [3.8, 4) is 0 Å². The fourth-order valence-corrected chi connectivity index (χ4v) is 22.2. The van der Waals surface area contributed by atoms with Gasteiger partial charge in [0, 0.05) is 0 Å². The zero-order chi connectivity index (χ0) is 43.7. The summed E-state index contributed by atoms with van der Waals surface area (Å²) in [7, 11) is -3.93. The van der Waals surface area contributed by atoms with Crippen LogP contribution in [0.5, 0.6) is 0 Å². The second kappa shape index (κ2) is 33.7. The molecule has 58 heavy (non-hydrogen) atoms. The van der Waals surface area contributed by atoms with Gasteiger partial charge in [-0.3, -0.25) is 0 Å². The minimum atomic E-state index is -3.93. The molecule has 0 heterocycles. The van der Waals surface area contributed by atoms with Gasteiger partial charge in [-0.25, -0.2) is 0 Å². The fraction of sp³-hybridized carbons (Fsp3) is 1.00. The Morgan fingerprint density at radius 3 is 0.914 bits per heavy atom. The third-order valence-corrected chi connectivity index (χ3v) is 24.0. The van der Waals surface area contributed by atoms with Gasteiger partial charge in [0.2, 0.25) is 0 Å². The molecule has 352 valence electrons. The van der Waals surface area contributed by atoms with Crippen LogP contribution >= 0.6 is 14.2 Å². The zero-order valence-corrected chi connectivity index (χ0v) is 40.8. The van der Waals surface area contributed by atoms with Crippen LogP contribution in [0, 0.1) is 22.7 Å². The van der Waals surface area contributed by atoms with Gasteiger partial charge in [0.05, 0.1) is 0 Å². The molecule has 0 aliphatic rings. The van der Waals surface area contributed by atoms with E-state index in [-0.39, 0.29) is 25.2 Å². The molecule has 0 rings (SSSR count). The third-order valence-electron chi connectivity index (χ3n) is 13.1. The molecule has 0 aliphatic carbocycles. The van der Waals surface area contributed by atoms with E-state index in [4.69, 9.17) is 4.31 Å². The van der Waals surface area contributed by atoms with E-state index < -0.39 is 76.9 Å². The SMILES string of the molecule is CCCCCCCCCCCCCCP(CCCCCC)(CCCCCC)(CCCCCC)OP(=O)(CC(CF)CC(C)(CF)CF)CC(CF)CC(C)(CF)CF. The van der Waals surface area contributed by atoms with Crippen molar-refractivity contribution in [1.82, 2.24) is 0 Å². The van der Waals surface area contributed by atoms with Gasteiger partial charge in [0.1, 0.15) is 0 Å². The quantitative estimate of drug-likeness (QED) is 0.0346. The molecule has 0 N–H and O–H groups in total. The van der Waals surface area contributed by atoms with E-state index in [1.807, 2.05) is 0 Å². The van der Waals surface area contributed by atoms with E-state index in [1.54, 1.807) is 0 Å². The van der Waals surface area contributed by atoms with E-state index in [0.717, 1.165) is 121 Å². The van der Waals surface area contributed by atoms with Crippen molar-refractivity contribution < 1.29 is 35.2 Å². The summed E-state index contributed by atoms with van der Waals surface area (Å²) >= 11 is 0. The average Bonchev–Trinajstić information content (AvgIpc) is 3.22. The Bertz CT molecular complexity index is 927. The van der Waals surface area contributed by atoms with Crippen LogP contribution in [0.25, 0.3) is 0 Å². The summed E-state index contributed by atoms with van der Waals surface area (Å²) in [6, 6.07) is 0. The summed E-state index contributed by atoms with van der Waals surface area (Å²) in [4.78, 5) is 0. The number of rotatable bonds is 44. The first-order valence-electron chi connectivity index (χ1n) is 24.4. The molecule has 0 aromatic rings. The minimum absolute atomic E-state index is 0.144. The van der Waals surface area contributed by atoms with Crippen molar-refractivity contribution in [3.63, 3.8) is 0 Å². The van der Waals surface area contributed by atoms with Crippen molar-refractivity contribution in [2.75, 3.05) is 77.0 Å². The van der Waals surface area contributed by atoms with Gasteiger partial charge in [-0.15, -0.1) is 0 Å². The van der Waals surface area contributed by atoms with Crippen molar-refractivity contribution in [1.29, 1.82) is 0 Å². The van der Waals surface area contributed by atoms with Crippen LogP contribution in [0.3, 0.4) is 0 Å². The number of hydrogen-bond donors (Lipinski definition) is 0. The Labute approximate surface area is 356 Å². The normalized spacial score (nSPS) is 15.6. The summed E-state index contributed by atoms with van der Waals surface area (Å²) in [5, 5.41) is 0. The van der Waals surface area contributed by atoms with Gasteiger partial charge < -0.3 is 0 Å². The Kier molecular flexibility index (Phi) is 33.8. The van der Waals surface area contributed by atoms with Crippen molar-refractivity contribution in [2.45, 2.75) is 208 Å². The molecule has 0 amide bonds. The monoisotopic (exact) mass is 881 g/mol. The van der Waals surface area contributed by atoms with Crippen molar-refractivity contribution >= 4 is 14.2 Å². The first-order chi connectivity index (χ1) is 27.8. The average molecular weight is 881 g/mol. The molecule has 0 saturated carbocycles. The van der Waals surface area contributed by atoms with E-state index in [9.17, 15) is 17.6 Å². The number of halogens is 6. The summed E-state index contributed by atoms with van der Waals surface area (Å²) in [5.41, 5.74) is -2.85. The van der Waals surface area contributed by atoms with Crippen LogP contribution in [-0.4, -0.2) is 77.0 Å². The van der Waals surface area contributed by atoms with Crippen molar-refractivity contribution in [3.05, 3.63) is 0 Å². The van der Waals surface area contributed by atoms with Crippen LogP contribution in [0.4, 0.5) is 26.3 Å². The van der Waals surface area contributed by atoms with Gasteiger partial charge in [-0.05, 0) is 0 Å². The van der Waals surface area contributed by atoms with Gasteiger partial charge in [0.15, 0.2) is 0 Å². The Hall–Kier alpha value is 0.200. The Morgan fingerprint density at radius 2 is 0.672 bits per heavy atom. The number of hydrogen-bond acceptors (Lipinski definition) is 2. The summed E-state index contributed by atoms with van der Waals surface area (Å²) in [5.74, 6) is -1.88. The maximum absolute atomic E-state index is 16.0. The molecular weight excluding hydrogens is 784 g/mol. The second-order valence-corrected chi connectivity index (χ2v) is 28.2. The summed E-state index contributed by atoms with van der Waals surface area (Å²) < 4.78 is 111. The van der Waals surface area contributed by atoms with Crippen LogP contribution in [-0.2, 0) is 8.88 Å². The summed E-state index contributed by atoms with van der Waals surface area (Å²) in [6.07, 6.45) is 29.6. The molecule has 0 aromatic carbocycles.